The summed E-state index contributed by atoms with van der Waals surface area (Å²) >= 11 is 0. The van der Waals surface area contributed by atoms with Gasteiger partial charge in [-0.1, -0.05) is 7.43 Å². The number of hydrogen-bond acceptors (Lipinski definition) is 8. The molecule has 1 saturated heterocycles. The number of nitroso groups, excluding NO2 is 1. The molecule has 1 aliphatic heterocycles. The SMILES string of the molecule is C.C=NN(O)CC.CN[n+]1cc(C)on1.CON[N+](=O)N1CCCC1.[CH3-]. The van der Waals surface area contributed by atoms with Crippen LogP contribution in [0.2, 0.25) is 0 Å². The quantitative estimate of drug-likeness (QED) is 0.283. The Morgan fingerprint density at radius 1 is 1.58 bits per heavy atom. The van der Waals surface area contributed by atoms with Crippen molar-refractivity contribution in [1.29, 1.82) is 0 Å². The summed E-state index contributed by atoms with van der Waals surface area (Å²) in [7, 11) is 3.18. The third-order valence-electron chi connectivity index (χ3n) is 2.76. The molecular formula is C14H35N8O4+. The maximum atomic E-state index is 10.9. The second-order valence-corrected chi connectivity index (χ2v) is 4.54. The van der Waals surface area contributed by atoms with Crippen molar-refractivity contribution in [2.45, 2.75) is 34.1 Å². The van der Waals surface area contributed by atoms with Gasteiger partial charge in [-0.25, -0.2) is 4.84 Å². The van der Waals surface area contributed by atoms with Crippen LogP contribution >= 0.6 is 0 Å². The van der Waals surface area contributed by atoms with Gasteiger partial charge in [-0.2, -0.15) is 15.7 Å². The molecule has 0 atom stereocenters. The van der Waals surface area contributed by atoms with Crippen molar-refractivity contribution in [3.8, 4) is 0 Å². The Labute approximate surface area is 155 Å². The highest BCUT2D eigenvalue weighted by atomic mass is 16.7. The lowest BCUT2D eigenvalue weighted by Crippen LogP contribution is -2.43. The largest absolute Gasteiger partial charge is 0.358 e. The molecule has 2 heterocycles. The van der Waals surface area contributed by atoms with E-state index in [0.717, 1.165) is 36.9 Å². The van der Waals surface area contributed by atoms with Crippen molar-refractivity contribution < 1.29 is 24.3 Å². The minimum Gasteiger partial charge on any atom is -0.358 e. The monoisotopic (exact) mass is 379 g/mol. The smallest absolute Gasteiger partial charge is 0.274 e. The lowest BCUT2D eigenvalue weighted by molar-refractivity contribution is -0.784. The van der Waals surface area contributed by atoms with Crippen LogP contribution in [0.15, 0.2) is 15.8 Å². The van der Waals surface area contributed by atoms with Gasteiger partial charge >= 0.3 is 0 Å². The normalized spacial score (nSPS) is 11.3. The van der Waals surface area contributed by atoms with Crippen LogP contribution in [0.4, 0.5) is 0 Å². The number of aromatic nitrogens is 2. The summed E-state index contributed by atoms with van der Waals surface area (Å²) in [5, 5.41) is 17.4. The molecule has 3 N–H and O–H groups in total. The zero-order valence-corrected chi connectivity index (χ0v) is 15.7. The molecule has 0 amide bonds. The number of hydrazone groups is 1. The minimum absolute atomic E-state index is 0. The lowest BCUT2D eigenvalue weighted by atomic mass is 10.4. The van der Waals surface area contributed by atoms with E-state index in [4.69, 9.17) is 9.73 Å². The predicted molar refractivity (Wildman–Crippen MR) is 98.2 cm³/mol. The van der Waals surface area contributed by atoms with E-state index in [1.807, 2.05) is 6.92 Å². The topological polar surface area (TPSA) is 122 Å². The highest BCUT2D eigenvalue weighted by Gasteiger charge is 2.24. The van der Waals surface area contributed by atoms with Gasteiger partial charge in [-0.05, 0) is 19.8 Å². The van der Waals surface area contributed by atoms with Crippen LogP contribution in [0.1, 0.15) is 33.0 Å². The first-order valence-corrected chi connectivity index (χ1v) is 7.45. The van der Waals surface area contributed by atoms with Crippen LogP contribution in [0.5, 0.6) is 0 Å². The molecule has 1 aromatic heterocycles. The second kappa shape index (κ2) is 17.4. The molecule has 12 nitrogen and oxygen atoms in total. The van der Waals surface area contributed by atoms with Crippen molar-refractivity contribution in [3.63, 3.8) is 0 Å². The molecule has 0 aliphatic carbocycles. The number of nitrogens with zero attached hydrogens (tertiary/aromatic N) is 6. The van der Waals surface area contributed by atoms with E-state index in [1.165, 1.54) is 11.9 Å². The Bertz CT molecular complexity index is 466. The molecule has 0 bridgehead atoms. The van der Waals surface area contributed by atoms with Crippen molar-refractivity contribution in [1.82, 2.24) is 21.0 Å². The minimum atomic E-state index is 0. The summed E-state index contributed by atoms with van der Waals surface area (Å²) in [5.41, 5.74) is 4.95. The third-order valence-corrected chi connectivity index (χ3v) is 2.76. The summed E-state index contributed by atoms with van der Waals surface area (Å²) in [6.07, 6.45) is 3.92. The van der Waals surface area contributed by atoms with Gasteiger partial charge in [0.15, 0.2) is 0 Å². The van der Waals surface area contributed by atoms with Gasteiger partial charge in [0.1, 0.15) is 0 Å². The molecule has 1 fully saturated rings. The molecule has 26 heavy (non-hydrogen) atoms. The summed E-state index contributed by atoms with van der Waals surface area (Å²) in [6.45, 7) is 8.79. The number of rotatable bonds is 6. The third kappa shape index (κ3) is 12.9. The van der Waals surface area contributed by atoms with Gasteiger partial charge in [-0.15, -0.1) is 5.01 Å². The van der Waals surface area contributed by atoms with E-state index in [9.17, 15) is 4.91 Å². The average molecular weight is 379 g/mol. The maximum Gasteiger partial charge on any atom is 0.274 e. The van der Waals surface area contributed by atoms with Crippen LogP contribution in [-0.4, -0.2) is 66.1 Å². The van der Waals surface area contributed by atoms with Gasteiger partial charge in [0.25, 0.3) is 11.2 Å². The van der Waals surface area contributed by atoms with Crippen molar-refractivity contribution in [2.24, 2.45) is 5.10 Å². The number of hydrazine groups is 2. The summed E-state index contributed by atoms with van der Waals surface area (Å²) in [5.74, 6) is 0.791. The van der Waals surface area contributed by atoms with Crippen LogP contribution in [-0.2, 0) is 4.84 Å². The number of hydroxylamine groups is 1. The van der Waals surface area contributed by atoms with E-state index in [0.29, 0.717) is 11.5 Å². The van der Waals surface area contributed by atoms with Gasteiger partial charge in [-0.3, -0.25) is 5.21 Å². The van der Waals surface area contributed by atoms with Crippen LogP contribution < -0.4 is 15.8 Å². The van der Waals surface area contributed by atoms with Crippen LogP contribution in [0, 0.1) is 19.3 Å². The van der Waals surface area contributed by atoms with Crippen molar-refractivity contribution in [2.75, 3.05) is 39.2 Å². The molecule has 1 aliphatic rings. The number of nitrogens with one attached hydrogen (secondary N) is 2. The van der Waals surface area contributed by atoms with Gasteiger partial charge < -0.3 is 11.9 Å². The molecule has 12 heteroatoms. The lowest BCUT2D eigenvalue weighted by Gasteiger charge is -2.02. The van der Waals surface area contributed by atoms with Crippen molar-refractivity contribution >= 4 is 6.72 Å². The van der Waals surface area contributed by atoms with E-state index in [-0.39, 0.29) is 14.9 Å². The summed E-state index contributed by atoms with van der Waals surface area (Å²) in [6, 6.07) is 0. The zero-order valence-electron chi connectivity index (χ0n) is 15.7. The Morgan fingerprint density at radius 2 is 2.15 bits per heavy atom. The fraction of sp³-hybridized carbons (Fsp3) is 0.714. The summed E-state index contributed by atoms with van der Waals surface area (Å²) in [4.78, 5) is 17.4. The highest BCUT2D eigenvalue weighted by Crippen LogP contribution is 2.05. The fourth-order valence-corrected chi connectivity index (χ4v) is 1.55. The standard InChI is InChI=1S/C5H12N3O2.C4H8N3O.C3H8N2O.CH4.CH3/c1-10-6-8(9)7-4-2-3-5-7;1-4-3-7(5-2)6-8-4;1-3-5(6)4-2;;/h2-5H2,1H3,(H,6,9);3H,1-2H3,(H,5,6);6H,2-3H2,1H3;1H4;1H3/q2*+1;;;-1. The maximum absolute atomic E-state index is 10.9. The Hall–Kier alpha value is -2.47. The Kier molecular flexibility index (Phi) is 18.9. The fourth-order valence-electron chi connectivity index (χ4n) is 1.55. The second-order valence-electron chi connectivity index (χ2n) is 4.54. The first-order valence-electron chi connectivity index (χ1n) is 7.45. The van der Waals surface area contributed by atoms with Crippen molar-refractivity contribution in [3.05, 3.63) is 24.3 Å². The van der Waals surface area contributed by atoms with E-state index in [1.54, 1.807) is 25.2 Å². The number of aryl methyl sites for hydroxylation is 1. The van der Waals surface area contributed by atoms with Crippen LogP contribution in [0.3, 0.4) is 0 Å². The van der Waals surface area contributed by atoms with E-state index < -0.39 is 0 Å². The highest BCUT2D eigenvalue weighted by molar-refractivity contribution is 5.21. The molecule has 154 valence electrons. The van der Waals surface area contributed by atoms with E-state index >= 15 is 0 Å². The van der Waals surface area contributed by atoms with Gasteiger partial charge in [0, 0.05) is 19.2 Å². The molecule has 0 radical (unpaired) electrons. The molecule has 0 spiro atoms. The molecule has 0 aromatic carbocycles. The Morgan fingerprint density at radius 3 is 2.42 bits per heavy atom. The first kappa shape index (κ1) is 28.3. The molecular weight excluding hydrogens is 344 g/mol. The molecule has 2 rings (SSSR count). The van der Waals surface area contributed by atoms with Crippen LogP contribution in [0.25, 0.3) is 0 Å². The van der Waals surface area contributed by atoms with E-state index in [2.05, 4.69) is 32.9 Å². The zero-order chi connectivity index (χ0) is 18.4. The average Bonchev–Trinajstić information content (AvgIpc) is 3.27. The Balaban J connectivity index is -0.000000303. The van der Waals surface area contributed by atoms with Gasteiger partial charge in [0.05, 0.1) is 43.5 Å². The predicted octanol–water partition coefficient (Wildman–Crippen LogP) is 0.685. The summed E-state index contributed by atoms with van der Waals surface area (Å²) < 4.78 is 4.71. The molecule has 1 aromatic rings. The van der Waals surface area contributed by atoms with Gasteiger partial charge in [0.2, 0.25) is 11.0 Å². The first-order chi connectivity index (χ1) is 11.5. The molecule has 0 unspecified atom stereocenters. The number of hydrogen-bond donors (Lipinski definition) is 3. The molecule has 0 saturated carbocycles.